The minimum absolute atomic E-state index is 0.0658. The molecule has 0 radical (unpaired) electrons. The van der Waals surface area contributed by atoms with Crippen LogP contribution in [0.5, 0.6) is 0 Å². The maximum Gasteiger partial charge on any atom is 0.340 e. The van der Waals surface area contributed by atoms with Crippen LogP contribution < -0.4 is 5.32 Å². The molecular weight excluding hydrogens is 493 g/mol. The van der Waals surface area contributed by atoms with E-state index in [1.54, 1.807) is 6.07 Å². The zero-order valence-corrected chi connectivity index (χ0v) is 23.5. The molecule has 1 aliphatic rings. The van der Waals surface area contributed by atoms with Gasteiger partial charge in [0.1, 0.15) is 11.0 Å². The first-order valence-corrected chi connectivity index (χ1v) is 13.5. The van der Waals surface area contributed by atoms with Crippen LogP contribution in [0.2, 0.25) is 5.02 Å². The van der Waals surface area contributed by atoms with E-state index in [0.29, 0.717) is 35.1 Å². The Hall–Kier alpha value is -1.55. The Bertz CT molecular complexity index is 869. The standard InChI is InChI=1S/C21H34ClN3O2S.C4H7FO2/c1-15(2)25(16(3)4)12-10-23-21(26)18-7-6-11-24(14-18)28(27)19-9-8-17(5)20(22)13-19;1-4(2,5)3(6)7/h8-9,13,15-16,18H,6-7,10-12,14H2,1-5H3,(H,23,26);1-2H3,(H,6,7). The highest BCUT2D eigenvalue weighted by atomic mass is 35.5. The van der Waals surface area contributed by atoms with Crippen molar-refractivity contribution in [3.63, 3.8) is 0 Å². The summed E-state index contributed by atoms with van der Waals surface area (Å²) in [5.41, 5.74) is -1.12. The number of alkyl halides is 1. The van der Waals surface area contributed by atoms with Crippen molar-refractivity contribution in [3.05, 3.63) is 28.8 Å². The van der Waals surface area contributed by atoms with Gasteiger partial charge in [-0.2, -0.15) is 0 Å². The van der Waals surface area contributed by atoms with E-state index in [-0.39, 0.29) is 11.8 Å². The largest absolute Gasteiger partial charge is 0.479 e. The molecule has 2 atom stereocenters. The fourth-order valence-electron chi connectivity index (χ4n) is 3.70. The summed E-state index contributed by atoms with van der Waals surface area (Å²) in [6.07, 6.45) is 1.71. The van der Waals surface area contributed by atoms with E-state index in [1.165, 1.54) is 0 Å². The fourth-order valence-corrected chi connectivity index (χ4v) is 5.26. The summed E-state index contributed by atoms with van der Waals surface area (Å²) in [6, 6.07) is 6.41. The number of hydrogen-bond acceptors (Lipinski definition) is 4. The topological polar surface area (TPSA) is 90.0 Å². The molecule has 0 aromatic heterocycles. The molecule has 35 heavy (non-hydrogen) atoms. The zero-order valence-electron chi connectivity index (χ0n) is 21.9. The van der Waals surface area contributed by atoms with E-state index >= 15 is 0 Å². The highest BCUT2D eigenvalue weighted by Crippen LogP contribution is 2.24. The highest BCUT2D eigenvalue weighted by molar-refractivity contribution is 7.82. The van der Waals surface area contributed by atoms with Crippen molar-refractivity contribution >= 4 is 34.5 Å². The normalized spacial score (nSPS) is 17.8. The molecule has 10 heteroatoms. The number of nitrogens with zero attached hydrogens (tertiary/aromatic N) is 2. The van der Waals surface area contributed by atoms with Crippen LogP contribution in [0, 0.1) is 12.8 Å². The van der Waals surface area contributed by atoms with E-state index in [2.05, 4.69) is 37.9 Å². The molecule has 2 N–H and O–H groups in total. The smallest absolute Gasteiger partial charge is 0.340 e. The Kier molecular flexibility index (Phi) is 12.8. The van der Waals surface area contributed by atoms with Gasteiger partial charge in [0.25, 0.3) is 0 Å². The Morgan fingerprint density at radius 1 is 1.29 bits per heavy atom. The van der Waals surface area contributed by atoms with Gasteiger partial charge >= 0.3 is 5.97 Å². The van der Waals surface area contributed by atoms with Gasteiger partial charge < -0.3 is 10.4 Å². The van der Waals surface area contributed by atoms with Crippen LogP contribution in [0.4, 0.5) is 4.39 Å². The van der Waals surface area contributed by atoms with Crippen molar-refractivity contribution in [2.24, 2.45) is 5.92 Å². The Labute approximate surface area is 217 Å². The summed E-state index contributed by atoms with van der Waals surface area (Å²) in [6.45, 7) is 15.3. The van der Waals surface area contributed by atoms with Gasteiger partial charge in [-0.25, -0.2) is 17.7 Å². The van der Waals surface area contributed by atoms with Crippen LogP contribution >= 0.6 is 11.6 Å². The molecule has 1 aliphatic heterocycles. The molecule has 2 rings (SSSR count). The first-order valence-electron chi connectivity index (χ1n) is 12.0. The van der Waals surface area contributed by atoms with Crippen molar-refractivity contribution in [1.82, 2.24) is 14.5 Å². The summed E-state index contributed by atoms with van der Waals surface area (Å²) in [5.74, 6) is -1.48. The van der Waals surface area contributed by atoms with Crippen LogP contribution in [0.3, 0.4) is 0 Å². The number of rotatable bonds is 9. The van der Waals surface area contributed by atoms with Gasteiger partial charge in [0.05, 0.1) is 10.8 Å². The third kappa shape index (κ3) is 10.5. The van der Waals surface area contributed by atoms with E-state index in [9.17, 15) is 18.2 Å². The first kappa shape index (κ1) is 31.5. The second-order valence-electron chi connectivity index (χ2n) is 9.88. The molecule has 7 nitrogen and oxygen atoms in total. The van der Waals surface area contributed by atoms with Crippen molar-refractivity contribution in [1.29, 1.82) is 0 Å². The number of nitrogens with one attached hydrogen (secondary N) is 1. The van der Waals surface area contributed by atoms with E-state index in [4.69, 9.17) is 16.7 Å². The van der Waals surface area contributed by atoms with E-state index in [0.717, 1.165) is 45.3 Å². The number of aryl methyl sites for hydroxylation is 1. The summed E-state index contributed by atoms with van der Waals surface area (Å²) in [4.78, 5) is 25.4. The van der Waals surface area contributed by atoms with Crippen molar-refractivity contribution in [3.8, 4) is 0 Å². The molecule has 200 valence electrons. The first-order chi connectivity index (χ1) is 16.1. The van der Waals surface area contributed by atoms with Crippen molar-refractivity contribution < 1.29 is 23.3 Å². The third-order valence-corrected chi connectivity index (χ3v) is 7.70. The van der Waals surface area contributed by atoms with Gasteiger partial charge in [0.2, 0.25) is 11.6 Å². The predicted molar refractivity (Wildman–Crippen MR) is 140 cm³/mol. The minimum atomic E-state index is -2.08. The molecule has 0 saturated carbocycles. The van der Waals surface area contributed by atoms with Crippen molar-refractivity contribution in [2.45, 2.75) is 84.0 Å². The number of aliphatic carboxylic acids is 1. The lowest BCUT2D eigenvalue weighted by molar-refractivity contribution is -0.148. The summed E-state index contributed by atoms with van der Waals surface area (Å²) < 4.78 is 26.7. The Morgan fingerprint density at radius 3 is 2.34 bits per heavy atom. The lowest BCUT2D eigenvalue weighted by atomic mass is 9.99. The lowest BCUT2D eigenvalue weighted by Crippen LogP contribution is -2.46. The summed E-state index contributed by atoms with van der Waals surface area (Å²) in [5, 5.41) is 11.6. The molecule has 1 amide bonds. The molecule has 1 aromatic carbocycles. The maximum absolute atomic E-state index is 12.9. The Morgan fingerprint density at radius 2 is 1.86 bits per heavy atom. The summed E-state index contributed by atoms with van der Waals surface area (Å²) >= 11 is 6.18. The van der Waals surface area contributed by atoms with Crippen LogP contribution in [0.25, 0.3) is 0 Å². The zero-order chi connectivity index (χ0) is 26.9. The maximum atomic E-state index is 12.9. The van der Waals surface area contributed by atoms with Crippen molar-refractivity contribution in [2.75, 3.05) is 26.2 Å². The molecule has 1 heterocycles. The van der Waals surface area contributed by atoms with Gasteiger partial charge in [-0.3, -0.25) is 9.69 Å². The van der Waals surface area contributed by atoms with E-state index < -0.39 is 22.6 Å². The number of benzene rings is 1. The fraction of sp³-hybridized carbons (Fsp3) is 0.680. The number of carbonyl (C=O) groups is 2. The van der Waals surface area contributed by atoms with Gasteiger partial charge in [-0.1, -0.05) is 17.7 Å². The van der Waals surface area contributed by atoms with Crippen LogP contribution in [-0.4, -0.2) is 74.3 Å². The third-order valence-electron chi connectivity index (χ3n) is 5.84. The van der Waals surface area contributed by atoms with Gasteiger partial charge in [-0.15, -0.1) is 0 Å². The number of carboxylic acid groups (broad SMARTS) is 1. The predicted octanol–water partition coefficient (Wildman–Crippen LogP) is 4.44. The lowest BCUT2D eigenvalue weighted by Gasteiger charge is -2.32. The number of carboxylic acids is 1. The second-order valence-corrected chi connectivity index (χ2v) is 11.8. The molecule has 2 unspecified atom stereocenters. The van der Waals surface area contributed by atoms with Crippen LogP contribution in [0.15, 0.2) is 23.1 Å². The van der Waals surface area contributed by atoms with Gasteiger partial charge in [0, 0.05) is 43.3 Å². The SMILES string of the molecule is CC(C)(F)C(=O)O.Cc1ccc(S(=O)N2CCCC(C(=O)NCCN(C(C)C)C(C)C)C2)cc1Cl. The Balaban J connectivity index is 0.000000762. The minimum Gasteiger partial charge on any atom is -0.479 e. The number of amides is 1. The second kappa shape index (κ2) is 14.3. The molecule has 0 spiro atoms. The summed E-state index contributed by atoms with van der Waals surface area (Å²) in [7, 11) is -1.29. The highest BCUT2D eigenvalue weighted by Gasteiger charge is 2.29. The van der Waals surface area contributed by atoms with Crippen LogP contribution in [0.1, 0.15) is 59.9 Å². The number of carbonyl (C=O) groups excluding carboxylic acids is 1. The number of halogens is 2. The average Bonchev–Trinajstić information content (AvgIpc) is 2.77. The quantitative estimate of drug-likeness (QED) is 0.490. The van der Waals surface area contributed by atoms with E-state index in [1.807, 2.05) is 23.4 Å². The monoisotopic (exact) mass is 533 g/mol. The molecule has 0 aliphatic carbocycles. The average molecular weight is 534 g/mol. The molecule has 1 fully saturated rings. The number of piperidine rings is 1. The number of hydrogen-bond donors (Lipinski definition) is 2. The molecule has 1 saturated heterocycles. The molecular formula is C25H41ClFN3O4S. The van der Waals surface area contributed by atoms with Gasteiger partial charge in [0.15, 0.2) is 0 Å². The van der Waals surface area contributed by atoms with Crippen LogP contribution in [-0.2, 0) is 20.6 Å². The molecule has 1 aromatic rings. The van der Waals surface area contributed by atoms with Gasteiger partial charge in [-0.05, 0) is 79.0 Å². The molecule has 0 bridgehead atoms.